The molecular weight excluding hydrogens is 376 g/mol. The van der Waals surface area contributed by atoms with Gasteiger partial charge in [0.1, 0.15) is 5.69 Å². The molecule has 8 heteroatoms. The topological polar surface area (TPSA) is 102 Å². The minimum atomic E-state index is 0.531. The lowest BCUT2D eigenvalue weighted by molar-refractivity contribution is 0.256. The molecule has 8 nitrogen and oxygen atoms in total. The molecule has 0 atom stereocenters. The van der Waals surface area contributed by atoms with E-state index in [0.717, 1.165) is 70.6 Å². The van der Waals surface area contributed by atoms with Gasteiger partial charge in [0, 0.05) is 23.3 Å². The van der Waals surface area contributed by atoms with Crippen molar-refractivity contribution in [2.24, 2.45) is 0 Å². The summed E-state index contributed by atoms with van der Waals surface area (Å²) in [4.78, 5) is 15.2. The quantitative estimate of drug-likeness (QED) is 0.430. The number of aromatic nitrogens is 7. The lowest BCUT2D eigenvalue weighted by Crippen LogP contribution is -2.29. The first-order valence-electron chi connectivity index (χ1n) is 10.3. The largest absolute Gasteiger partial charge is 0.335 e. The average molecular weight is 398 g/mol. The zero-order chi connectivity index (χ0) is 20.1. The summed E-state index contributed by atoms with van der Waals surface area (Å²) >= 11 is 0. The van der Waals surface area contributed by atoms with Crippen LogP contribution in [0.15, 0.2) is 42.9 Å². The van der Waals surface area contributed by atoms with E-state index in [1.54, 1.807) is 0 Å². The number of aromatic amines is 3. The van der Waals surface area contributed by atoms with Gasteiger partial charge in [-0.3, -0.25) is 10.2 Å². The molecule has 4 aromatic heterocycles. The Bertz CT molecular complexity index is 1320. The molecule has 0 radical (unpaired) electrons. The lowest BCUT2D eigenvalue weighted by Gasteiger charge is -2.29. The SMILES string of the molecule is CN1CCC(c2ccnc3nc(-c4n[nH]c5ccc(-c6cn[nH]c6)cc45)[nH]c23)CC1. The van der Waals surface area contributed by atoms with Crippen molar-refractivity contribution in [3.05, 3.63) is 48.4 Å². The van der Waals surface area contributed by atoms with Crippen LogP contribution in [-0.4, -0.2) is 60.4 Å². The van der Waals surface area contributed by atoms with Crippen molar-refractivity contribution >= 4 is 22.1 Å². The van der Waals surface area contributed by atoms with E-state index in [9.17, 15) is 0 Å². The Labute approximate surface area is 172 Å². The van der Waals surface area contributed by atoms with Crippen molar-refractivity contribution in [1.82, 2.24) is 40.2 Å². The first-order valence-corrected chi connectivity index (χ1v) is 10.3. The Balaban J connectivity index is 1.45. The molecule has 0 aliphatic carbocycles. The van der Waals surface area contributed by atoms with Crippen LogP contribution < -0.4 is 0 Å². The Hall–Kier alpha value is -3.52. The second-order valence-electron chi connectivity index (χ2n) is 8.08. The van der Waals surface area contributed by atoms with E-state index >= 15 is 0 Å². The first-order chi connectivity index (χ1) is 14.8. The fraction of sp³-hybridized carbons (Fsp3) is 0.273. The summed E-state index contributed by atoms with van der Waals surface area (Å²) in [5.74, 6) is 1.28. The van der Waals surface area contributed by atoms with Crippen LogP contribution in [0.1, 0.15) is 24.3 Å². The van der Waals surface area contributed by atoms with Crippen molar-refractivity contribution in [1.29, 1.82) is 0 Å². The number of piperidine rings is 1. The molecule has 0 bridgehead atoms. The zero-order valence-corrected chi connectivity index (χ0v) is 16.7. The highest BCUT2D eigenvalue weighted by atomic mass is 15.1. The number of nitrogens with zero attached hydrogens (tertiary/aromatic N) is 5. The molecule has 0 unspecified atom stereocenters. The highest BCUT2D eigenvalue weighted by Crippen LogP contribution is 2.34. The molecule has 1 saturated heterocycles. The van der Waals surface area contributed by atoms with Crippen LogP contribution in [0, 0.1) is 0 Å². The molecule has 1 aliphatic heterocycles. The molecule has 0 spiro atoms. The van der Waals surface area contributed by atoms with Crippen molar-refractivity contribution in [2.75, 3.05) is 20.1 Å². The minimum absolute atomic E-state index is 0.531. The maximum Gasteiger partial charge on any atom is 0.178 e. The van der Waals surface area contributed by atoms with Crippen LogP contribution in [0.2, 0.25) is 0 Å². The predicted octanol–water partition coefficient (Wildman–Crippen LogP) is 3.70. The molecule has 150 valence electrons. The third-order valence-corrected chi connectivity index (χ3v) is 6.20. The van der Waals surface area contributed by atoms with Gasteiger partial charge >= 0.3 is 0 Å². The predicted molar refractivity (Wildman–Crippen MR) is 116 cm³/mol. The molecule has 0 saturated carbocycles. The van der Waals surface area contributed by atoms with Gasteiger partial charge in [-0.2, -0.15) is 10.2 Å². The highest BCUT2D eigenvalue weighted by molar-refractivity contribution is 5.95. The Morgan fingerprint density at radius 2 is 2.00 bits per heavy atom. The van der Waals surface area contributed by atoms with Gasteiger partial charge in [0.2, 0.25) is 0 Å². The summed E-state index contributed by atoms with van der Waals surface area (Å²) in [6.07, 6.45) is 7.90. The van der Waals surface area contributed by atoms with Crippen LogP contribution in [0.5, 0.6) is 0 Å². The van der Waals surface area contributed by atoms with Crippen LogP contribution >= 0.6 is 0 Å². The number of rotatable bonds is 3. The maximum atomic E-state index is 4.79. The number of H-pyrrole nitrogens is 3. The van der Waals surface area contributed by atoms with Gasteiger partial charge in [-0.1, -0.05) is 6.07 Å². The molecule has 30 heavy (non-hydrogen) atoms. The number of pyridine rings is 1. The normalized spacial score (nSPS) is 16.0. The molecule has 1 fully saturated rings. The van der Waals surface area contributed by atoms with Crippen LogP contribution in [0.4, 0.5) is 0 Å². The monoisotopic (exact) mass is 398 g/mol. The van der Waals surface area contributed by atoms with E-state index in [4.69, 9.17) is 4.98 Å². The van der Waals surface area contributed by atoms with E-state index in [1.165, 1.54) is 5.56 Å². The van der Waals surface area contributed by atoms with Crippen molar-refractivity contribution in [3.63, 3.8) is 0 Å². The average Bonchev–Trinajstić information content (AvgIpc) is 3.52. The van der Waals surface area contributed by atoms with Crippen molar-refractivity contribution in [2.45, 2.75) is 18.8 Å². The molecule has 6 rings (SSSR count). The Morgan fingerprint density at radius 3 is 2.83 bits per heavy atom. The minimum Gasteiger partial charge on any atom is -0.335 e. The molecular formula is C22H22N8. The summed E-state index contributed by atoms with van der Waals surface area (Å²) in [6, 6.07) is 8.37. The fourth-order valence-electron chi connectivity index (χ4n) is 4.49. The first kappa shape index (κ1) is 17.3. The number of benzene rings is 1. The number of hydrogen-bond donors (Lipinski definition) is 3. The molecule has 0 amide bonds. The Morgan fingerprint density at radius 1 is 1.10 bits per heavy atom. The summed E-state index contributed by atoms with van der Waals surface area (Å²) in [6.45, 7) is 2.24. The van der Waals surface area contributed by atoms with E-state index in [0.29, 0.717) is 5.92 Å². The van der Waals surface area contributed by atoms with Crippen LogP contribution in [0.3, 0.4) is 0 Å². The second kappa shape index (κ2) is 6.77. The third-order valence-electron chi connectivity index (χ3n) is 6.20. The fourth-order valence-corrected chi connectivity index (χ4v) is 4.49. The van der Waals surface area contributed by atoms with Gasteiger partial charge in [-0.05, 0) is 68.2 Å². The Kier molecular flexibility index (Phi) is 3.92. The molecule has 1 aromatic carbocycles. The number of fused-ring (bicyclic) bond motifs is 2. The second-order valence-corrected chi connectivity index (χ2v) is 8.08. The van der Waals surface area contributed by atoms with Crippen molar-refractivity contribution in [3.8, 4) is 22.6 Å². The third kappa shape index (κ3) is 2.80. The molecule has 1 aliphatic rings. The number of imidazole rings is 1. The lowest BCUT2D eigenvalue weighted by atomic mass is 9.89. The van der Waals surface area contributed by atoms with E-state index in [1.807, 2.05) is 24.7 Å². The molecule has 5 heterocycles. The van der Waals surface area contributed by atoms with Crippen molar-refractivity contribution < 1.29 is 0 Å². The van der Waals surface area contributed by atoms with Gasteiger partial charge in [0.15, 0.2) is 11.5 Å². The number of nitrogens with one attached hydrogen (secondary N) is 3. The summed E-state index contributed by atoms with van der Waals surface area (Å²) in [5, 5.41) is 15.6. The van der Waals surface area contributed by atoms with Gasteiger partial charge in [0.25, 0.3) is 0 Å². The molecule has 5 aromatic rings. The smallest absolute Gasteiger partial charge is 0.178 e. The summed E-state index contributed by atoms with van der Waals surface area (Å²) in [5.41, 5.74) is 7.00. The maximum absolute atomic E-state index is 4.79. The standard InChI is InChI=1S/C22H22N8/c1-30-8-5-13(6-9-30)16-4-7-23-21-19(16)26-22(27-21)20-17-10-14(15-11-24-25-12-15)2-3-18(17)28-29-20/h2-4,7,10-13H,5-6,8-9H2,1H3,(H,24,25)(H,28,29)(H,23,26,27). The van der Waals surface area contributed by atoms with Crippen LogP contribution in [0.25, 0.3) is 44.7 Å². The van der Waals surface area contributed by atoms with Crippen LogP contribution in [-0.2, 0) is 0 Å². The van der Waals surface area contributed by atoms with Gasteiger partial charge < -0.3 is 9.88 Å². The van der Waals surface area contributed by atoms with E-state index in [-0.39, 0.29) is 0 Å². The highest BCUT2D eigenvalue weighted by Gasteiger charge is 2.22. The van der Waals surface area contributed by atoms with Gasteiger partial charge in [-0.15, -0.1) is 0 Å². The summed E-state index contributed by atoms with van der Waals surface area (Å²) < 4.78 is 0. The molecule has 3 N–H and O–H groups in total. The summed E-state index contributed by atoms with van der Waals surface area (Å²) in [7, 11) is 2.19. The zero-order valence-electron chi connectivity index (χ0n) is 16.7. The number of likely N-dealkylation sites (tertiary alicyclic amines) is 1. The van der Waals surface area contributed by atoms with E-state index < -0.39 is 0 Å². The van der Waals surface area contributed by atoms with E-state index in [2.05, 4.69) is 60.5 Å². The number of hydrogen-bond acceptors (Lipinski definition) is 5. The van der Waals surface area contributed by atoms with Gasteiger partial charge in [-0.25, -0.2) is 9.97 Å². The van der Waals surface area contributed by atoms with Gasteiger partial charge in [0.05, 0.1) is 17.2 Å².